The summed E-state index contributed by atoms with van der Waals surface area (Å²) in [5.41, 5.74) is 0.406. The second kappa shape index (κ2) is 3.02. The number of hydrogen-bond acceptors (Lipinski definition) is 5. The van der Waals surface area contributed by atoms with E-state index in [1.807, 2.05) is 0 Å². The predicted molar refractivity (Wildman–Crippen MR) is 47.8 cm³/mol. The van der Waals surface area contributed by atoms with Crippen LogP contribution in [0.2, 0.25) is 0 Å². The van der Waals surface area contributed by atoms with Crippen molar-refractivity contribution < 1.29 is 14.7 Å². The van der Waals surface area contributed by atoms with E-state index in [-0.39, 0.29) is 17.4 Å². The van der Waals surface area contributed by atoms with Crippen molar-refractivity contribution in [1.29, 1.82) is 0 Å². The Kier molecular flexibility index (Phi) is 1.85. The van der Waals surface area contributed by atoms with E-state index in [4.69, 9.17) is 9.63 Å². The Morgan fingerprint density at radius 2 is 2.07 bits per heavy atom. The third-order valence-corrected chi connectivity index (χ3v) is 1.74. The number of phenols is 2. The Morgan fingerprint density at radius 1 is 1.29 bits per heavy atom. The van der Waals surface area contributed by atoms with Crippen molar-refractivity contribution in [2.45, 2.75) is 6.92 Å². The number of aromatic hydroxyl groups is 2. The smallest absolute Gasteiger partial charge is 0.261 e. The van der Waals surface area contributed by atoms with E-state index >= 15 is 0 Å². The first-order valence-electron chi connectivity index (χ1n) is 3.99. The van der Waals surface area contributed by atoms with Gasteiger partial charge in [-0.1, -0.05) is 5.16 Å². The lowest BCUT2D eigenvalue weighted by atomic mass is 10.2. The molecule has 1 heterocycles. The highest BCUT2D eigenvalue weighted by Gasteiger charge is 2.11. The Morgan fingerprint density at radius 3 is 2.64 bits per heavy atom. The summed E-state index contributed by atoms with van der Waals surface area (Å²) in [4.78, 5) is 3.95. The van der Waals surface area contributed by atoms with Gasteiger partial charge < -0.3 is 14.7 Å². The van der Waals surface area contributed by atoms with Gasteiger partial charge in [0.1, 0.15) is 11.5 Å². The van der Waals surface area contributed by atoms with Gasteiger partial charge in [0.25, 0.3) is 5.89 Å². The molecule has 0 unspecified atom stereocenters. The minimum absolute atomic E-state index is 0.0116. The lowest BCUT2D eigenvalue weighted by Crippen LogP contribution is -1.79. The van der Waals surface area contributed by atoms with E-state index in [2.05, 4.69) is 10.1 Å². The summed E-state index contributed by atoms with van der Waals surface area (Å²) in [6.07, 6.45) is 0. The number of benzene rings is 1. The van der Waals surface area contributed by atoms with Gasteiger partial charge in [-0.3, -0.25) is 0 Å². The van der Waals surface area contributed by atoms with Gasteiger partial charge in [-0.25, -0.2) is 0 Å². The molecule has 0 spiro atoms. The highest BCUT2D eigenvalue weighted by molar-refractivity contribution is 5.63. The van der Waals surface area contributed by atoms with Crippen molar-refractivity contribution in [3.8, 4) is 23.0 Å². The van der Waals surface area contributed by atoms with Gasteiger partial charge in [-0.05, 0) is 19.1 Å². The molecule has 0 radical (unpaired) electrons. The van der Waals surface area contributed by atoms with Gasteiger partial charge >= 0.3 is 0 Å². The molecule has 0 aliphatic carbocycles. The third-order valence-electron chi connectivity index (χ3n) is 1.74. The molecule has 0 aliphatic heterocycles. The largest absolute Gasteiger partial charge is 0.508 e. The molecule has 0 fully saturated rings. The number of hydrogen-bond donors (Lipinski definition) is 2. The highest BCUT2D eigenvalue weighted by atomic mass is 16.5. The van der Waals surface area contributed by atoms with E-state index in [0.717, 1.165) is 0 Å². The monoisotopic (exact) mass is 192 g/mol. The summed E-state index contributed by atoms with van der Waals surface area (Å²) in [6.45, 7) is 1.68. The molecule has 0 aliphatic rings. The van der Waals surface area contributed by atoms with Crippen LogP contribution in [-0.2, 0) is 0 Å². The molecule has 1 aromatic carbocycles. The van der Waals surface area contributed by atoms with Crippen molar-refractivity contribution in [3.05, 3.63) is 24.0 Å². The van der Waals surface area contributed by atoms with E-state index in [0.29, 0.717) is 11.4 Å². The van der Waals surface area contributed by atoms with Crippen LogP contribution in [0.4, 0.5) is 0 Å². The fourth-order valence-electron chi connectivity index (χ4n) is 1.11. The third kappa shape index (κ3) is 1.39. The number of aryl methyl sites for hydroxylation is 1. The lowest BCUT2D eigenvalue weighted by molar-refractivity contribution is 0.418. The van der Waals surface area contributed by atoms with E-state index < -0.39 is 0 Å². The summed E-state index contributed by atoms with van der Waals surface area (Å²) in [5.74, 6) is 0.628. The minimum Gasteiger partial charge on any atom is -0.508 e. The first kappa shape index (κ1) is 8.55. The molecule has 5 heteroatoms. The van der Waals surface area contributed by atoms with Crippen LogP contribution in [0.25, 0.3) is 11.5 Å². The maximum absolute atomic E-state index is 9.47. The molecular formula is C9H8N2O3. The number of aromatic nitrogens is 2. The van der Waals surface area contributed by atoms with Crippen LogP contribution in [0.1, 0.15) is 5.82 Å². The number of nitrogens with zero attached hydrogens (tertiary/aromatic N) is 2. The second-order valence-electron chi connectivity index (χ2n) is 2.85. The van der Waals surface area contributed by atoms with Crippen LogP contribution < -0.4 is 0 Å². The molecule has 1 aromatic heterocycles. The van der Waals surface area contributed by atoms with Gasteiger partial charge in [-0.15, -0.1) is 0 Å². The van der Waals surface area contributed by atoms with Crippen molar-refractivity contribution in [1.82, 2.24) is 10.1 Å². The molecule has 2 N–H and O–H groups in total. The molecule has 72 valence electrons. The lowest BCUT2D eigenvalue weighted by Gasteiger charge is -1.98. The summed E-state index contributed by atoms with van der Waals surface area (Å²) in [6, 6.07) is 4.17. The Hall–Kier alpha value is -2.04. The molecule has 0 amide bonds. The second-order valence-corrected chi connectivity index (χ2v) is 2.85. The zero-order chi connectivity index (χ0) is 10.1. The van der Waals surface area contributed by atoms with Crippen molar-refractivity contribution in [2.24, 2.45) is 0 Å². The summed E-state index contributed by atoms with van der Waals surface area (Å²) in [5, 5.41) is 22.1. The Labute approximate surface area is 79.6 Å². The zero-order valence-electron chi connectivity index (χ0n) is 7.43. The van der Waals surface area contributed by atoms with Crippen molar-refractivity contribution >= 4 is 0 Å². The quantitative estimate of drug-likeness (QED) is 0.714. The van der Waals surface area contributed by atoms with Crippen LogP contribution in [0.3, 0.4) is 0 Å². The molecule has 14 heavy (non-hydrogen) atoms. The summed E-state index contributed by atoms with van der Waals surface area (Å²) >= 11 is 0. The van der Waals surface area contributed by atoms with E-state index in [1.165, 1.54) is 18.2 Å². The van der Waals surface area contributed by atoms with Gasteiger partial charge in [0.2, 0.25) is 0 Å². The average Bonchev–Trinajstić information content (AvgIpc) is 2.51. The first-order valence-corrected chi connectivity index (χ1v) is 3.99. The zero-order valence-corrected chi connectivity index (χ0v) is 7.43. The first-order chi connectivity index (χ1) is 6.66. The molecule has 5 nitrogen and oxygen atoms in total. The maximum atomic E-state index is 9.47. The van der Waals surface area contributed by atoms with Crippen molar-refractivity contribution in [2.75, 3.05) is 0 Å². The van der Waals surface area contributed by atoms with Crippen molar-refractivity contribution in [3.63, 3.8) is 0 Å². The van der Waals surface area contributed by atoms with Crippen LogP contribution in [-0.4, -0.2) is 20.4 Å². The van der Waals surface area contributed by atoms with Crippen LogP contribution in [0, 0.1) is 6.92 Å². The topological polar surface area (TPSA) is 79.4 Å². The predicted octanol–water partition coefficient (Wildman–Crippen LogP) is 1.46. The van der Waals surface area contributed by atoms with Gasteiger partial charge in [0, 0.05) is 6.07 Å². The van der Waals surface area contributed by atoms with Gasteiger partial charge in [0.15, 0.2) is 5.82 Å². The molecule has 0 saturated carbocycles. The molecule has 0 bridgehead atoms. The minimum atomic E-state index is -0.0892. The SMILES string of the molecule is Cc1noc(-c2ccc(O)cc2O)n1. The highest BCUT2D eigenvalue weighted by Crippen LogP contribution is 2.30. The maximum Gasteiger partial charge on any atom is 0.261 e. The molecule has 2 aromatic rings. The normalized spacial score (nSPS) is 10.4. The Bertz CT molecular complexity index is 465. The number of rotatable bonds is 1. The van der Waals surface area contributed by atoms with Crippen LogP contribution in [0.5, 0.6) is 11.5 Å². The fourth-order valence-corrected chi connectivity index (χ4v) is 1.11. The average molecular weight is 192 g/mol. The van der Waals surface area contributed by atoms with E-state index in [9.17, 15) is 5.11 Å². The van der Waals surface area contributed by atoms with Crippen LogP contribution >= 0.6 is 0 Å². The summed E-state index contributed by atoms with van der Waals surface area (Å²) in [7, 11) is 0. The number of phenolic OH excluding ortho intramolecular Hbond substituents is 2. The van der Waals surface area contributed by atoms with E-state index in [1.54, 1.807) is 6.92 Å². The fraction of sp³-hybridized carbons (Fsp3) is 0.111. The molecular weight excluding hydrogens is 184 g/mol. The standard InChI is InChI=1S/C9H8N2O3/c1-5-10-9(14-11-5)7-3-2-6(12)4-8(7)13/h2-4,12-13H,1H3. The molecule has 0 saturated heterocycles. The molecule has 0 atom stereocenters. The summed E-state index contributed by atoms with van der Waals surface area (Å²) < 4.78 is 4.87. The van der Waals surface area contributed by atoms with Gasteiger partial charge in [0.05, 0.1) is 5.56 Å². The Balaban J connectivity index is 2.52. The molecule has 2 rings (SSSR count). The van der Waals surface area contributed by atoms with Gasteiger partial charge in [-0.2, -0.15) is 4.98 Å². The van der Waals surface area contributed by atoms with Crippen LogP contribution in [0.15, 0.2) is 22.7 Å².